The van der Waals surface area contributed by atoms with Crippen LogP contribution in [0.1, 0.15) is 17.0 Å². The summed E-state index contributed by atoms with van der Waals surface area (Å²) in [5.41, 5.74) is 0. The van der Waals surface area contributed by atoms with Gasteiger partial charge in [-0.25, -0.2) is 13.4 Å². The lowest BCUT2D eigenvalue weighted by molar-refractivity contribution is -0.402. The summed E-state index contributed by atoms with van der Waals surface area (Å²) >= 11 is 0. The summed E-state index contributed by atoms with van der Waals surface area (Å²) < 4.78 is 33.0. The third-order valence-corrected chi connectivity index (χ3v) is 5.79. The largest absolute Gasteiger partial charge is 0.433 e. The molecule has 3 rings (SSSR count). The lowest BCUT2D eigenvalue weighted by Gasteiger charge is -2.20. The summed E-state index contributed by atoms with van der Waals surface area (Å²) in [6.07, 6.45) is 3.26. The van der Waals surface area contributed by atoms with Gasteiger partial charge in [0.25, 0.3) is 15.9 Å². The Morgan fingerprint density at radius 3 is 2.65 bits per heavy atom. The maximum atomic E-state index is 12.6. The van der Waals surface area contributed by atoms with E-state index in [4.69, 9.17) is 4.42 Å². The number of nitro groups is 1. The zero-order chi connectivity index (χ0) is 18.9. The molecule has 0 radical (unpaired) electrons. The molecule has 3 heterocycles. The van der Waals surface area contributed by atoms with Gasteiger partial charge in [0.1, 0.15) is 4.92 Å². The highest BCUT2D eigenvalue weighted by Gasteiger charge is 2.31. The Morgan fingerprint density at radius 1 is 1.27 bits per heavy atom. The molecule has 2 aromatic heterocycles. The number of carbonyl (C=O) groups is 1. The van der Waals surface area contributed by atoms with Gasteiger partial charge in [-0.05, 0) is 12.5 Å². The lowest BCUT2D eigenvalue weighted by Crippen LogP contribution is -2.37. The Labute approximate surface area is 149 Å². The fourth-order valence-electron chi connectivity index (χ4n) is 2.69. The van der Waals surface area contributed by atoms with Gasteiger partial charge in [0.2, 0.25) is 0 Å². The first-order valence-electron chi connectivity index (χ1n) is 7.80. The molecule has 1 fully saturated rings. The predicted molar refractivity (Wildman–Crippen MR) is 87.8 cm³/mol. The number of imidazole rings is 1. The molecule has 0 spiro atoms. The van der Waals surface area contributed by atoms with E-state index in [-0.39, 0.29) is 30.4 Å². The molecule has 0 atom stereocenters. The molecule has 140 valence electrons. The van der Waals surface area contributed by atoms with Crippen molar-refractivity contribution in [3.05, 3.63) is 40.5 Å². The van der Waals surface area contributed by atoms with E-state index in [1.807, 2.05) is 0 Å². The average molecular weight is 383 g/mol. The second-order valence-electron chi connectivity index (χ2n) is 5.82. The molecule has 0 aromatic carbocycles. The number of hydrogen-bond donors (Lipinski definition) is 0. The van der Waals surface area contributed by atoms with Crippen LogP contribution in [0.3, 0.4) is 0 Å². The molecule has 0 aliphatic carbocycles. The Bertz CT molecular complexity index is 933. The fourth-order valence-corrected chi connectivity index (χ4v) is 4.12. The number of furan rings is 1. The SMILES string of the molecule is Cn1cnc(S(=O)(=O)N2CCCN(C(=O)c3ccc([N+](=O)[O-])o3)CC2)c1. The standard InChI is InChI=1S/C14H17N5O6S/c1-16-9-12(15-10-16)26(23,24)18-6-2-5-17(7-8-18)14(20)11-3-4-13(25-11)19(21)22/h3-4,9-10H,2,5-8H2,1H3. The highest BCUT2D eigenvalue weighted by molar-refractivity contribution is 7.89. The summed E-state index contributed by atoms with van der Waals surface area (Å²) in [6.45, 7) is 0.829. The van der Waals surface area contributed by atoms with E-state index in [0.29, 0.717) is 13.0 Å². The highest BCUT2D eigenvalue weighted by Crippen LogP contribution is 2.20. The third kappa shape index (κ3) is 3.46. The minimum atomic E-state index is -3.73. The molecule has 2 aromatic rings. The zero-order valence-corrected chi connectivity index (χ0v) is 14.8. The molecule has 1 aliphatic rings. The smallest absolute Gasteiger partial charge is 0.395 e. The van der Waals surface area contributed by atoms with Crippen LogP contribution in [0, 0.1) is 10.1 Å². The minimum absolute atomic E-state index is 0.0403. The van der Waals surface area contributed by atoms with Crippen molar-refractivity contribution in [2.75, 3.05) is 26.2 Å². The van der Waals surface area contributed by atoms with Crippen molar-refractivity contribution in [1.29, 1.82) is 0 Å². The van der Waals surface area contributed by atoms with Gasteiger partial charge in [0.05, 0.1) is 12.4 Å². The maximum absolute atomic E-state index is 12.6. The Kier molecular flexibility index (Phi) is 4.78. The normalized spacial score (nSPS) is 16.4. The van der Waals surface area contributed by atoms with Crippen LogP contribution in [0.25, 0.3) is 0 Å². The molecule has 26 heavy (non-hydrogen) atoms. The van der Waals surface area contributed by atoms with E-state index in [1.54, 1.807) is 11.6 Å². The monoisotopic (exact) mass is 383 g/mol. The van der Waals surface area contributed by atoms with E-state index in [2.05, 4.69) is 4.98 Å². The molecular formula is C14H17N5O6S. The summed E-state index contributed by atoms with van der Waals surface area (Å²) in [7, 11) is -2.06. The molecule has 0 bridgehead atoms. The van der Waals surface area contributed by atoms with Gasteiger partial charge in [-0.2, -0.15) is 4.31 Å². The zero-order valence-electron chi connectivity index (χ0n) is 13.9. The van der Waals surface area contributed by atoms with Gasteiger partial charge in [-0.3, -0.25) is 14.9 Å². The lowest BCUT2D eigenvalue weighted by atomic mass is 10.3. The predicted octanol–water partition coefficient (Wildman–Crippen LogP) is 0.458. The molecule has 1 saturated heterocycles. The van der Waals surface area contributed by atoms with E-state index in [0.717, 1.165) is 6.07 Å². The Hall–Kier alpha value is -2.73. The van der Waals surface area contributed by atoms with Crippen molar-refractivity contribution in [2.45, 2.75) is 11.4 Å². The number of carbonyl (C=O) groups excluding carboxylic acids is 1. The van der Waals surface area contributed by atoms with Crippen LogP contribution >= 0.6 is 0 Å². The maximum Gasteiger partial charge on any atom is 0.433 e. The van der Waals surface area contributed by atoms with Crippen molar-refractivity contribution in [3.8, 4) is 0 Å². The second kappa shape index (κ2) is 6.88. The Balaban J connectivity index is 1.71. The van der Waals surface area contributed by atoms with E-state index < -0.39 is 26.7 Å². The van der Waals surface area contributed by atoms with E-state index >= 15 is 0 Å². The molecule has 0 saturated carbocycles. The van der Waals surface area contributed by atoms with Crippen molar-refractivity contribution in [1.82, 2.24) is 18.8 Å². The topological polar surface area (TPSA) is 132 Å². The van der Waals surface area contributed by atoms with E-state index in [9.17, 15) is 23.3 Å². The first kappa shape index (κ1) is 18.1. The summed E-state index contributed by atoms with van der Waals surface area (Å²) in [5, 5.41) is 10.6. The molecule has 12 heteroatoms. The first-order valence-corrected chi connectivity index (χ1v) is 9.24. The molecular weight excluding hydrogens is 366 g/mol. The van der Waals surface area contributed by atoms with Gasteiger partial charge in [-0.1, -0.05) is 0 Å². The molecule has 0 unspecified atom stereocenters. The summed E-state index contributed by atoms with van der Waals surface area (Å²) in [6, 6.07) is 2.36. The second-order valence-corrected chi connectivity index (χ2v) is 7.71. The first-order chi connectivity index (χ1) is 12.3. The van der Waals surface area contributed by atoms with Crippen LogP contribution in [0.5, 0.6) is 0 Å². The number of nitrogens with zero attached hydrogens (tertiary/aromatic N) is 5. The highest BCUT2D eigenvalue weighted by atomic mass is 32.2. The minimum Gasteiger partial charge on any atom is -0.395 e. The number of hydrogen-bond acceptors (Lipinski definition) is 7. The van der Waals surface area contributed by atoms with Crippen LogP contribution in [-0.2, 0) is 17.1 Å². The van der Waals surface area contributed by atoms with Crippen molar-refractivity contribution >= 4 is 21.8 Å². The third-order valence-electron chi connectivity index (χ3n) is 4.01. The molecule has 0 N–H and O–H groups in total. The number of amides is 1. The molecule has 1 aliphatic heterocycles. The van der Waals surface area contributed by atoms with Crippen LogP contribution in [-0.4, -0.2) is 64.2 Å². The van der Waals surface area contributed by atoms with Crippen LogP contribution in [0.15, 0.2) is 34.1 Å². The van der Waals surface area contributed by atoms with Crippen molar-refractivity contribution in [2.24, 2.45) is 7.05 Å². The molecule has 11 nitrogen and oxygen atoms in total. The van der Waals surface area contributed by atoms with Crippen molar-refractivity contribution < 1.29 is 22.6 Å². The number of rotatable bonds is 4. The summed E-state index contributed by atoms with van der Waals surface area (Å²) in [4.78, 5) is 27.7. The van der Waals surface area contributed by atoms with Gasteiger partial charge in [0, 0.05) is 39.4 Å². The average Bonchev–Trinajstić information content (AvgIpc) is 3.18. The van der Waals surface area contributed by atoms with Gasteiger partial charge >= 0.3 is 5.88 Å². The van der Waals surface area contributed by atoms with Crippen LogP contribution in [0.2, 0.25) is 0 Å². The number of aromatic nitrogens is 2. The van der Waals surface area contributed by atoms with Crippen molar-refractivity contribution in [3.63, 3.8) is 0 Å². The van der Waals surface area contributed by atoms with Crippen LogP contribution in [0.4, 0.5) is 5.88 Å². The quantitative estimate of drug-likeness (QED) is 0.553. The summed E-state index contributed by atoms with van der Waals surface area (Å²) in [5.74, 6) is -1.16. The van der Waals surface area contributed by atoms with Gasteiger partial charge in [-0.15, -0.1) is 0 Å². The van der Waals surface area contributed by atoms with Gasteiger partial charge < -0.3 is 13.9 Å². The fraction of sp³-hybridized carbons (Fsp3) is 0.429. The van der Waals surface area contributed by atoms with Gasteiger partial charge in [0.15, 0.2) is 10.8 Å². The van der Waals surface area contributed by atoms with Crippen LogP contribution < -0.4 is 0 Å². The number of aryl methyl sites for hydroxylation is 1. The van der Waals surface area contributed by atoms with E-state index in [1.165, 1.54) is 27.8 Å². The number of sulfonamides is 1. The molecule has 1 amide bonds. The Morgan fingerprint density at radius 2 is 2.04 bits per heavy atom.